The minimum Gasteiger partial charge on any atom is -0.456 e. The lowest BCUT2D eigenvalue weighted by Gasteiger charge is -2.09. The summed E-state index contributed by atoms with van der Waals surface area (Å²) in [7, 11) is -3.32. The van der Waals surface area contributed by atoms with Gasteiger partial charge in [0.2, 0.25) is 0 Å². The third kappa shape index (κ3) is 3.29. The summed E-state index contributed by atoms with van der Waals surface area (Å²) in [5.41, 5.74) is 0. The largest absolute Gasteiger partial charge is 0.456 e. The highest BCUT2D eigenvalue weighted by atomic mass is 35.5. The molecule has 0 radical (unpaired) electrons. The fraction of sp³-hybridized carbons (Fsp3) is 0.143. The van der Waals surface area contributed by atoms with Gasteiger partial charge in [-0.1, -0.05) is 24.6 Å². The Kier molecular flexibility index (Phi) is 4.30. The first-order chi connectivity index (χ1) is 9.42. The van der Waals surface area contributed by atoms with Crippen molar-refractivity contribution in [3.63, 3.8) is 0 Å². The average molecular weight is 315 g/mol. The molecule has 6 heteroatoms. The number of hydrogen-bond acceptors (Lipinski definition) is 3. The molecule has 0 saturated heterocycles. The number of ether oxygens (including phenoxy) is 1. The van der Waals surface area contributed by atoms with Crippen LogP contribution in [0, 0.1) is 5.82 Å². The van der Waals surface area contributed by atoms with Gasteiger partial charge in [0, 0.05) is 6.07 Å². The zero-order valence-corrected chi connectivity index (χ0v) is 12.2. The number of halogens is 2. The van der Waals surface area contributed by atoms with E-state index in [0.717, 1.165) is 0 Å². The third-order valence-electron chi connectivity index (χ3n) is 2.67. The van der Waals surface area contributed by atoms with Crippen LogP contribution in [0.5, 0.6) is 11.5 Å². The number of benzene rings is 2. The lowest BCUT2D eigenvalue weighted by Crippen LogP contribution is -2.03. The zero-order valence-electron chi connectivity index (χ0n) is 10.6. The maximum atomic E-state index is 13.0. The van der Waals surface area contributed by atoms with E-state index in [-0.39, 0.29) is 27.2 Å². The second-order valence-corrected chi connectivity index (χ2v) is 6.74. The van der Waals surface area contributed by atoms with Gasteiger partial charge in [-0.15, -0.1) is 0 Å². The lowest BCUT2D eigenvalue weighted by molar-refractivity contribution is 0.476. The van der Waals surface area contributed by atoms with Crippen LogP contribution in [0.1, 0.15) is 6.92 Å². The van der Waals surface area contributed by atoms with Gasteiger partial charge >= 0.3 is 0 Å². The third-order valence-corrected chi connectivity index (χ3v) is 4.69. The van der Waals surface area contributed by atoms with Gasteiger partial charge in [-0.3, -0.25) is 0 Å². The maximum Gasteiger partial charge on any atom is 0.178 e. The van der Waals surface area contributed by atoms with E-state index in [0.29, 0.717) is 0 Å². The van der Waals surface area contributed by atoms with Crippen LogP contribution in [-0.2, 0) is 9.84 Å². The van der Waals surface area contributed by atoms with Gasteiger partial charge in [-0.2, -0.15) is 0 Å². The van der Waals surface area contributed by atoms with E-state index in [2.05, 4.69) is 0 Å². The summed E-state index contributed by atoms with van der Waals surface area (Å²) < 4.78 is 41.9. The maximum absolute atomic E-state index is 13.0. The standard InChI is InChI=1S/C14H12ClFO3S/c1-2-20(17,18)12-6-7-14(13(15)9-12)19-11-5-3-4-10(16)8-11/h3-9H,2H2,1H3. The summed E-state index contributed by atoms with van der Waals surface area (Å²) in [6.07, 6.45) is 0. The Hall–Kier alpha value is -1.59. The second-order valence-electron chi connectivity index (χ2n) is 4.06. The average Bonchev–Trinajstić information content (AvgIpc) is 2.41. The van der Waals surface area contributed by atoms with Crippen LogP contribution in [0.25, 0.3) is 0 Å². The van der Waals surface area contributed by atoms with E-state index in [9.17, 15) is 12.8 Å². The molecule has 0 aliphatic rings. The summed E-state index contributed by atoms with van der Waals surface area (Å²) in [4.78, 5) is 0.136. The minimum atomic E-state index is -3.32. The Morgan fingerprint density at radius 2 is 1.95 bits per heavy atom. The molecule has 0 aliphatic heterocycles. The van der Waals surface area contributed by atoms with Crippen molar-refractivity contribution in [2.24, 2.45) is 0 Å². The first-order valence-electron chi connectivity index (χ1n) is 5.88. The normalized spacial score (nSPS) is 11.3. The van der Waals surface area contributed by atoms with Gasteiger partial charge in [-0.05, 0) is 30.3 Å². The van der Waals surface area contributed by atoms with Crippen molar-refractivity contribution in [1.29, 1.82) is 0 Å². The molecule has 0 heterocycles. The van der Waals surface area contributed by atoms with Crippen molar-refractivity contribution < 1.29 is 17.5 Å². The zero-order chi connectivity index (χ0) is 14.8. The van der Waals surface area contributed by atoms with Gasteiger partial charge in [0.05, 0.1) is 15.7 Å². The summed E-state index contributed by atoms with van der Waals surface area (Å²) in [6.45, 7) is 1.56. The smallest absolute Gasteiger partial charge is 0.178 e. The molecular formula is C14H12ClFO3S. The molecule has 3 nitrogen and oxygen atoms in total. The van der Waals surface area contributed by atoms with E-state index >= 15 is 0 Å². The quantitative estimate of drug-likeness (QED) is 0.854. The van der Waals surface area contributed by atoms with Crippen molar-refractivity contribution in [3.05, 3.63) is 53.3 Å². The molecular weight excluding hydrogens is 303 g/mol. The van der Waals surface area contributed by atoms with Crippen molar-refractivity contribution >= 4 is 21.4 Å². The SMILES string of the molecule is CCS(=O)(=O)c1ccc(Oc2cccc(F)c2)c(Cl)c1. The second kappa shape index (κ2) is 5.81. The van der Waals surface area contributed by atoms with Gasteiger partial charge in [0.15, 0.2) is 9.84 Å². The van der Waals surface area contributed by atoms with Gasteiger partial charge in [0.1, 0.15) is 17.3 Å². The molecule has 0 aromatic heterocycles. The van der Waals surface area contributed by atoms with Crippen LogP contribution in [0.2, 0.25) is 5.02 Å². The summed E-state index contributed by atoms with van der Waals surface area (Å²) in [5, 5.41) is 0.156. The van der Waals surface area contributed by atoms with Crippen molar-refractivity contribution in [2.45, 2.75) is 11.8 Å². The molecule has 2 aromatic carbocycles. The number of rotatable bonds is 4. The molecule has 106 valence electrons. The summed E-state index contributed by atoms with van der Waals surface area (Å²) in [6, 6.07) is 9.80. The van der Waals surface area contributed by atoms with E-state index < -0.39 is 15.7 Å². The van der Waals surface area contributed by atoms with E-state index in [4.69, 9.17) is 16.3 Å². The molecule has 0 aliphatic carbocycles. The molecule has 0 saturated carbocycles. The minimum absolute atomic E-state index is 0.00652. The highest BCUT2D eigenvalue weighted by molar-refractivity contribution is 7.91. The van der Waals surface area contributed by atoms with Crippen molar-refractivity contribution in [2.75, 3.05) is 5.75 Å². The highest BCUT2D eigenvalue weighted by Crippen LogP contribution is 2.31. The first-order valence-corrected chi connectivity index (χ1v) is 7.91. The Morgan fingerprint density at radius 3 is 2.55 bits per heavy atom. The molecule has 0 atom stereocenters. The number of hydrogen-bond donors (Lipinski definition) is 0. The highest BCUT2D eigenvalue weighted by Gasteiger charge is 2.14. The molecule has 0 N–H and O–H groups in total. The molecule has 20 heavy (non-hydrogen) atoms. The number of sulfone groups is 1. The van der Waals surface area contributed by atoms with Gasteiger partial charge < -0.3 is 4.74 Å². The molecule has 2 rings (SSSR count). The molecule has 0 fully saturated rings. The van der Waals surface area contributed by atoms with Crippen LogP contribution in [0.3, 0.4) is 0 Å². The predicted octanol–water partition coefficient (Wildman–Crippen LogP) is 4.07. The molecule has 2 aromatic rings. The molecule has 0 spiro atoms. The lowest BCUT2D eigenvalue weighted by atomic mass is 10.3. The molecule has 0 amide bonds. The Labute approximate surface area is 121 Å². The van der Waals surface area contributed by atoms with Gasteiger partial charge in [0.25, 0.3) is 0 Å². The fourth-order valence-electron chi connectivity index (χ4n) is 1.58. The fourth-order valence-corrected chi connectivity index (χ4v) is 2.77. The first kappa shape index (κ1) is 14.8. The Morgan fingerprint density at radius 1 is 1.20 bits per heavy atom. The predicted molar refractivity (Wildman–Crippen MR) is 75.7 cm³/mol. The Balaban J connectivity index is 2.31. The monoisotopic (exact) mass is 314 g/mol. The van der Waals surface area contributed by atoms with Crippen LogP contribution in [0.15, 0.2) is 47.4 Å². The van der Waals surface area contributed by atoms with Crippen LogP contribution in [0.4, 0.5) is 4.39 Å². The topological polar surface area (TPSA) is 43.4 Å². The molecule has 0 bridgehead atoms. The summed E-state index contributed by atoms with van der Waals surface area (Å²) in [5.74, 6) is 0.127. The van der Waals surface area contributed by atoms with Crippen molar-refractivity contribution in [3.8, 4) is 11.5 Å². The van der Waals surface area contributed by atoms with Crippen LogP contribution in [-0.4, -0.2) is 14.2 Å². The van der Waals surface area contributed by atoms with E-state index in [1.165, 1.54) is 36.4 Å². The van der Waals surface area contributed by atoms with Crippen LogP contribution >= 0.6 is 11.6 Å². The van der Waals surface area contributed by atoms with Crippen LogP contribution < -0.4 is 4.74 Å². The summed E-state index contributed by atoms with van der Waals surface area (Å²) >= 11 is 6.00. The van der Waals surface area contributed by atoms with E-state index in [1.807, 2.05) is 0 Å². The van der Waals surface area contributed by atoms with Crippen molar-refractivity contribution in [1.82, 2.24) is 0 Å². The van der Waals surface area contributed by atoms with Gasteiger partial charge in [-0.25, -0.2) is 12.8 Å². The Bertz CT molecular complexity index is 729. The van der Waals surface area contributed by atoms with E-state index in [1.54, 1.807) is 13.0 Å². The molecule has 0 unspecified atom stereocenters.